The average molecular weight is 369 g/mol. The molecule has 0 unspecified atom stereocenters. The van der Waals surface area contributed by atoms with Crippen LogP contribution in [0.5, 0.6) is 11.5 Å². The van der Waals surface area contributed by atoms with Gasteiger partial charge in [0.2, 0.25) is 10.0 Å². The lowest BCUT2D eigenvalue weighted by Crippen LogP contribution is -2.42. The van der Waals surface area contributed by atoms with Gasteiger partial charge in [-0.05, 0) is 12.1 Å². The van der Waals surface area contributed by atoms with Crippen molar-refractivity contribution >= 4 is 10.0 Å². The molecule has 9 nitrogen and oxygen atoms in total. The van der Waals surface area contributed by atoms with Gasteiger partial charge in [-0.3, -0.25) is 9.36 Å². The molecule has 0 aliphatic rings. The largest absolute Gasteiger partial charge is 0.493 e. The SMILES string of the molecule is COc1ccccc1OCCNS(=O)(=O)c1cn(C)c(=O)n(C)c1=O. The monoisotopic (exact) mass is 369 g/mol. The van der Waals surface area contributed by atoms with E-state index in [9.17, 15) is 18.0 Å². The molecule has 0 fully saturated rings. The summed E-state index contributed by atoms with van der Waals surface area (Å²) in [5, 5.41) is 0. The van der Waals surface area contributed by atoms with Gasteiger partial charge < -0.3 is 14.0 Å². The number of ether oxygens (including phenoxy) is 2. The van der Waals surface area contributed by atoms with Crippen LogP contribution in [0.3, 0.4) is 0 Å². The molecule has 0 spiro atoms. The van der Waals surface area contributed by atoms with Crippen LogP contribution in [-0.4, -0.2) is 37.8 Å². The molecule has 1 N–H and O–H groups in total. The first-order chi connectivity index (χ1) is 11.8. The Labute approximate surface area is 144 Å². The fourth-order valence-electron chi connectivity index (χ4n) is 2.11. The van der Waals surface area contributed by atoms with Crippen LogP contribution < -0.4 is 25.4 Å². The maximum atomic E-state index is 12.3. The third-order valence-corrected chi connectivity index (χ3v) is 4.87. The van der Waals surface area contributed by atoms with Gasteiger partial charge in [-0.2, -0.15) is 0 Å². The van der Waals surface area contributed by atoms with Crippen molar-refractivity contribution in [1.29, 1.82) is 0 Å². The molecule has 0 aliphatic carbocycles. The summed E-state index contributed by atoms with van der Waals surface area (Å²) in [6.07, 6.45) is 0.994. The van der Waals surface area contributed by atoms with E-state index in [1.165, 1.54) is 21.2 Å². The van der Waals surface area contributed by atoms with Crippen LogP contribution in [0.25, 0.3) is 0 Å². The van der Waals surface area contributed by atoms with E-state index in [0.717, 1.165) is 15.3 Å². The van der Waals surface area contributed by atoms with E-state index < -0.39 is 26.2 Å². The second-order valence-electron chi connectivity index (χ2n) is 5.15. The summed E-state index contributed by atoms with van der Waals surface area (Å²) in [5.74, 6) is 1.000. The highest BCUT2D eigenvalue weighted by molar-refractivity contribution is 7.89. The first kappa shape index (κ1) is 18.7. The number of nitrogens with zero attached hydrogens (tertiary/aromatic N) is 2. The summed E-state index contributed by atoms with van der Waals surface area (Å²) in [6, 6.07) is 6.95. The maximum Gasteiger partial charge on any atom is 0.330 e. The number of hydrogen-bond acceptors (Lipinski definition) is 6. The molecule has 136 valence electrons. The number of methoxy groups -OCH3 is 1. The molecule has 0 saturated carbocycles. The highest BCUT2D eigenvalue weighted by atomic mass is 32.2. The molecule has 0 amide bonds. The van der Waals surface area contributed by atoms with Crippen LogP contribution in [0.4, 0.5) is 0 Å². The molecule has 2 aromatic rings. The second-order valence-corrected chi connectivity index (χ2v) is 6.88. The van der Waals surface area contributed by atoms with Crippen LogP contribution >= 0.6 is 0 Å². The van der Waals surface area contributed by atoms with Gasteiger partial charge in [0.1, 0.15) is 6.61 Å². The molecule has 2 rings (SSSR count). The van der Waals surface area contributed by atoms with E-state index in [-0.39, 0.29) is 13.2 Å². The smallest absolute Gasteiger partial charge is 0.330 e. The highest BCUT2D eigenvalue weighted by Gasteiger charge is 2.21. The van der Waals surface area contributed by atoms with Gasteiger partial charge in [0.25, 0.3) is 5.56 Å². The second kappa shape index (κ2) is 7.53. The van der Waals surface area contributed by atoms with Crippen LogP contribution in [0, 0.1) is 0 Å². The minimum absolute atomic E-state index is 0.0334. The topological polar surface area (TPSA) is 109 Å². The van der Waals surface area contributed by atoms with Crippen molar-refractivity contribution in [3.63, 3.8) is 0 Å². The molecule has 1 aromatic heterocycles. The predicted octanol–water partition coefficient (Wildman–Crippen LogP) is -0.550. The Balaban J connectivity index is 2.08. The van der Waals surface area contributed by atoms with E-state index in [0.29, 0.717) is 11.5 Å². The molecule has 0 aliphatic heterocycles. The van der Waals surface area contributed by atoms with Gasteiger partial charge >= 0.3 is 5.69 Å². The number of sulfonamides is 1. The summed E-state index contributed by atoms with van der Waals surface area (Å²) in [4.78, 5) is 23.1. The highest BCUT2D eigenvalue weighted by Crippen LogP contribution is 2.25. The Kier molecular flexibility index (Phi) is 5.65. The number of para-hydroxylation sites is 2. The van der Waals surface area contributed by atoms with Crippen LogP contribution in [0.2, 0.25) is 0 Å². The van der Waals surface area contributed by atoms with Gasteiger partial charge in [0, 0.05) is 26.8 Å². The van der Waals surface area contributed by atoms with Gasteiger partial charge in [-0.25, -0.2) is 17.9 Å². The first-order valence-corrected chi connectivity index (χ1v) is 8.78. The Morgan fingerprint density at radius 1 is 1.12 bits per heavy atom. The molecule has 0 radical (unpaired) electrons. The third kappa shape index (κ3) is 4.09. The minimum Gasteiger partial charge on any atom is -0.493 e. The molecule has 0 saturated heterocycles. The summed E-state index contributed by atoms with van der Waals surface area (Å²) in [6.45, 7) is -0.0297. The molecule has 25 heavy (non-hydrogen) atoms. The van der Waals surface area contributed by atoms with Crippen molar-refractivity contribution in [3.8, 4) is 11.5 Å². The summed E-state index contributed by atoms with van der Waals surface area (Å²) < 4.78 is 39.2. The summed E-state index contributed by atoms with van der Waals surface area (Å²) >= 11 is 0. The Bertz CT molecular complexity index is 977. The van der Waals surface area contributed by atoms with Gasteiger partial charge in [0.15, 0.2) is 16.4 Å². The molecular formula is C15H19N3O6S. The van der Waals surface area contributed by atoms with Gasteiger partial charge in [0.05, 0.1) is 7.11 Å². The van der Waals surface area contributed by atoms with Crippen molar-refractivity contribution in [2.45, 2.75) is 4.90 Å². The summed E-state index contributed by atoms with van der Waals surface area (Å²) in [5.41, 5.74) is -1.50. The van der Waals surface area contributed by atoms with E-state index in [4.69, 9.17) is 9.47 Å². The fraction of sp³-hybridized carbons (Fsp3) is 0.333. The minimum atomic E-state index is -4.08. The lowest BCUT2D eigenvalue weighted by atomic mass is 10.3. The van der Waals surface area contributed by atoms with Crippen LogP contribution in [-0.2, 0) is 24.1 Å². The number of rotatable bonds is 7. The van der Waals surface area contributed by atoms with Crippen molar-refractivity contribution in [2.24, 2.45) is 14.1 Å². The molecule has 0 bridgehead atoms. The number of aryl methyl sites for hydroxylation is 1. The zero-order chi connectivity index (χ0) is 18.6. The van der Waals surface area contributed by atoms with Gasteiger partial charge in [-0.1, -0.05) is 12.1 Å². The molecule has 1 heterocycles. The van der Waals surface area contributed by atoms with Crippen molar-refractivity contribution in [2.75, 3.05) is 20.3 Å². The number of nitrogens with one attached hydrogen (secondary N) is 1. The fourth-order valence-corrected chi connectivity index (χ4v) is 3.28. The Morgan fingerprint density at radius 2 is 1.76 bits per heavy atom. The predicted molar refractivity (Wildman–Crippen MR) is 90.6 cm³/mol. The lowest BCUT2D eigenvalue weighted by molar-refractivity contribution is 0.298. The molecular weight excluding hydrogens is 350 g/mol. The maximum absolute atomic E-state index is 12.3. The number of hydrogen-bond donors (Lipinski definition) is 1. The van der Waals surface area contributed by atoms with Crippen molar-refractivity contribution < 1.29 is 17.9 Å². The third-order valence-electron chi connectivity index (χ3n) is 3.43. The van der Waals surface area contributed by atoms with Gasteiger partial charge in [-0.15, -0.1) is 0 Å². The van der Waals surface area contributed by atoms with Crippen molar-refractivity contribution in [3.05, 3.63) is 51.3 Å². The standard InChI is InChI=1S/C15H19N3O6S/c1-17-10-13(14(19)18(2)15(17)20)25(21,22)16-8-9-24-12-7-5-4-6-11(12)23-3/h4-7,10,16H,8-9H2,1-3H3. The average Bonchev–Trinajstić information content (AvgIpc) is 2.60. The summed E-state index contributed by atoms with van der Waals surface area (Å²) in [7, 11) is 0.00662. The van der Waals surface area contributed by atoms with Crippen LogP contribution in [0.1, 0.15) is 0 Å². The number of aromatic nitrogens is 2. The van der Waals surface area contributed by atoms with Crippen LogP contribution in [0.15, 0.2) is 44.9 Å². The van der Waals surface area contributed by atoms with E-state index in [1.807, 2.05) is 0 Å². The zero-order valence-electron chi connectivity index (χ0n) is 14.1. The Hall–Kier alpha value is -2.59. The molecule has 10 heteroatoms. The van der Waals surface area contributed by atoms with E-state index >= 15 is 0 Å². The first-order valence-electron chi connectivity index (χ1n) is 7.30. The normalized spacial score (nSPS) is 11.3. The van der Waals surface area contributed by atoms with E-state index in [2.05, 4.69) is 4.72 Å². The van der Waals surface area contributed by atoms with Crippen molar-refractivity contribution in [1.82, 2.24) is 13.9 Å². The zero-order valence-corrected chi connectivity index (χ0v) is 14.9. The van der Waals surface area contributed by atoms with E-state index in [1.54, 1.807) is 24.3 Å². The molecule has 0 atom stereocenters. The lowest BCUT2D eigenvalue weighted by Gasteiger charge is -2.11. The quantitative estimate of drug-likeness (QED) is 0.656. The number of benzene rings is 1. The molecule has 1 aromatic carbocycles. The Morgan fingerprint density at radius 3 is 2.40 bits per heavy atom.